The molecule has 1 aliphatic rings. The first-order valence-electron chi connectivity index (χ1n) is 8.47. The monoisotopic (exact) mass is 374 g/mol. The van der Waals surface area contributed by atoms with Crippen molar-refractivity contribution in [3.8, 4) is 5.75 Å². The minimum absolute atomic E-state index is 0.0339. The minimum atomic E-state index is -3.68. The SMILES string of the molecule is CCNC(=O)C1(c2ccc(NS(=O)(=O)c3ccc(OC)cc3)cc2)CC1. The van der Waals surface area contributed by atoms with Crippen LogP contribution >= 0.6 is 0 Å². The molecule has 0 saturated heterocycles. The fourth-order valence-electron chi connectivity index (χ4n) is 2.93. The molecule has 0 atom stereocenters. The second-order valence-electron chi connectivity index (χ2n) is 6.30. The van der Waals surface area contributed by atoms with Crippen molar-refractivity contribution in [3.05, 3.63) is 54.1 Å². The van der Waals surface area contributed by atoms with Gasteiger partial charge in [-0.2, -0.15) is 0 Å². The number of methoxy groups -OCH3 is 1. The standard InChI is InChI=1S/C19H22N2O4S/c1-3-20-18(22)19(12-13-19)14-4-6-15(7-5-14)21-26(23,24)17-10-8-16(25-2)9-11-17/h4-11,21H,3,12-13H2,1-2H3,(H,20,22). The van der Waals surface area contributed by atoms with Crippen LogP contribution in [0.1, 0.15) is 25.3 Å². The second-order valence-corrected chi connectivity index (χ2v) is 7.98. The lowest BCUT2D eigenvalue weighted by molar-refractivity contribution is -0.123. The Bertz CT molecular complexity index is 886. The van der Waals surface area contributed by atoms with Gasteiger partial charge in [0, 0.05) is 12.2 Å². The van der Waals surface area contributed by atoms with E-state index in [0.717, 1.165) is 18.4 Å². The molecule has 0 spiro atoms. The molecule has 6 nitrogen and oxygen atoms in total. The van der Waals surface area contributed by atoms with Gasteiger partial charge in [-0.15, -0.1) is 0 Å². The zero-order valence-electron chi connectivity index (χ0n) is 14.8. The molecule has 0 aliphatic heterocycles. The van der Waals surface area contributed by atoms with Crippen LogP contribution in [0.25, 0.3) is 0 Å². The summed E-state index contributed by atoms with van der Waals surface area (Å²) in [4.78, 5) is 12.4. The fourth-order valence-corrected chi connectivity index (χ4v) is 3.99. The number of rotatable bonds is 7. The summed E-state index contributed by atoms with van der Waals surface area (Å²) in [5.74, 6) is 0.625. The number of carbonyl (C=O) groups is 1. The summed E-state index contributed by atoms with van der Waals surface area (Å²) in [5.41, 5.74) is 0.913. The van der Waals surface area contributed by atoms with Crippen molar-refractivity contribution in [2.45, 2.75) is 30.1 Å². The van der Waals surface area contributed by atoms with E-state index in [1.807, 2.05) is 19.1 Å². The van der Waals surface area contributed by atoms with Crippen molar-refractivity contribution < 1.29 is 17.9 Å². The molecule has 1 saturated carbocycles. The van der Waals surface area contributed by atoms with Gasteiger partial charge >= 0.3 is 0 Å². The molecular weight excluding hydrogens is 352 g/mol. The van der Waals surface area contributed by atoms with Gasteiger partial charge in [-0.25, -0.2) is 8.42 Å². The zero-order chi connectivity index (χ0) is 18.8. The Morgan fingerprint density at radius 3 is 2.19 bits per heavy atom. The van der Waals surface area contributed by atoms with Crippen LogP contribution in [-0.2, 0) is 20.2 Å². The van der Waals surface area contributed by atoms with Crippen LogP contribution in [0.4, 0.5) is 5.69 Å². The molecule has 1 aliphatic carbocycles. The highest BCUT2D eigenvalue weighted by Gasteiger charge is 2.50. The van der Waals surface area contributed by atoms with E-state index >= 15 is 0 Å². The third kappa shape index (κ3) is 3.53. The predicted octanol–water partition coefficient (Wildman–Crippen LogP) is 2.66. The van der Waals surface area contributed by atoms with Gasteiger partial charge in [0.25, 0.3) is 10.0 Å². The number of hydrogen-bond donors (Lipinski definition) is 2. The van der Waals surface area contributed by atoms with Gasteiger partial charge in [0.15, 0.2) is 0 Å². The third-order valence-corrected chi connectivity index (χ3v) is 5.98. The Morgan fingerprint density at radius 1 is 1.08 bits per heavy atom. The van der Waals surface area contributed by atoms with Crippen molar-refractivity contribution in [3.63, 3.8) is 0 Å². The molecule has 1 amide bonds. The van der Waals surface area contributed by atoms with E-state index in [1.54, 1.807) is 24.3 Å². The quantitative estimate of drug-likeness (QED) is 0.780. The van der Waals surface area contributed by atoms with Crippen LogP contribution in [0.2, 0.25) is 0 Å². The number of nitrogens with one attached hydrogen (secondary N) is 2. The molecule has 0 unspecified atom stereocenters. The van der Waals surface area contributed by atoms with Crippen molar-refractivity contribution in [1.82, 2.24) is 5.32 Å². The number of hydrogen-bond acceptors (Lipinski definition) is 4. The van der Waals surface area contributed by atoms with E-state index in [2.05, 4.69) is 10.0 Å². The summed E-state index contributed by atoms with van der Waals surface area (Å²) in [5, 5.41) is 2.87. The van der Waals surface area contributed by atoms with Gasteiger partial charge in [0.05, 0.1) is 17.4 Å². The molecule has 1 fully saturated rings. The molecule has 0 aromatic heterocycles. The lowest BCUT2D eigenvalue weighted by atomic mass is 9.95. The highest BCUT2D eigenvalue weighted by molar-refractivity contribution is 7.92. The van der Waals surface area contributed by atoms with Crippen LogP contribution in [0.15, 0.2) is 53.4 Å². The van der Waals surface area contributed by atoms with E-state index in [4.69, 9.17) is 4.74 Å². The number of ether oxygens (including phenoxy) is 1. The Morgan fingerprint density at radius 2 is 1.69 bits per heavy atom. The number of benzene rings is 2. The first-order valence-corrected chi connectivity index (χ1v) is 9.95. The summed E-state index contributed by atoms with van der Waals surface area (Å²) in [7, 11) is -2.16. The highest BCUT2D eigenvalue weighted by atomic mass is 32.2. The van der Waals surface area contributed by atoms with Crippen LogP contribution < -0.4 is 14.8 Å². The maximum absolute atomic E-state index is 12.5. The fraction of sp³-hybridized carbons (Fsp3) is 0.316. The predicted molar refractivity (Wildman–Crippen MR) is 99.8 cm³/mol. The first kappa shape index (κ1) is 18.3. The molecule has 2 aromatic carbocycles. The van der Waals surface area contributed by atoms with Crippen LogP contribution in [0, 0.1) is 0 Å². The molecular formula is C19H22N2O4S. The number of sulfonamides is 1. The summed E-state index contributed by atoms with van der Waals surface area (Å²) in [6, 6.07) is 13.2. The van der Waals surface area contributed by atoms with Crippen LogP contribution in [0.3, 0.4) is 0 Å². The van der Waals surface area contributed by atoms with E-state index in [0.29, 0.717) is 18.0 Å². The molecule has 7 heteroatoms. The highest BCUT2D eigenvalue weighted by Crippen LogP contribution is 2.48. The largest absolute Gasteiger partial charge is 0.497 e. The zero-order valence-corrected chi connectivity index (χ0v) is 15.6. The number of anilines is 1. The van der Waals surface area contributed by atoms with Gasteiger partial charge in [-0.05, 0) is 61.7 Å². The molecule has 2 N–H and O–H groups in total. The topological polar surface area (TPSA) is 84.5 Å². The Labute approximate surface area is 153 Å². The van der Waals surface area contributed by atoms with Crippen molar-refractivity contribution in [2.75, 3.05) is 18.4 Å². The molecule has 0 bridgehead atoms. The third-order valence-electron chi connectivity index (χ3n) is 4.58. The summed E-state index contributed by atoms with van der Waals surface area (Å²) >= 11 is 0. The first-order chi connectivity index (χ1) is 12.4. The van der Waals surface area contributed by atoms with E-state index in [1.165, 1.54) is 19.2 Å². The minimum Gasteiger partial charge on any atom is -0.497 e. The van der Waals surface area contributed by atoms with Crippen molar-refractivity contribution in [2.24, 2.45) is 0 Å². The second kappa shape index (κ2) is 6.99. The van der Waals surface area contributed by atoms with E-state index in [9.17, 15) is 13.2 Å². The lowest BCUT2D eigenvalue weighted by Gasteiger charge is -2.16. The summed E-state index contributed by atoms with van der Waals surface area (Å²) in [6.45, 7) is 2.49. The van der Waals surface area contributed by atoms with Gasteiger partial charge in [0.1, 0.15) is 5.75 Å². The molecule has 2 aromatic rings. The van der Waals surface area contributed by atoms with Crippen molar-refractivity contribution in [1.29, 1.82) is 0 Å². The normalized spacial score (nSPS) is 15.2. The lowest BCUT2D eigenvalue weighted by Crippen LogP contribution is -2.34. The van der Waals surface area contributed by atoms with Gasteiger partial charge in [0.2, 0.25) is 5.91 Å². The van der Waals surface area contributed by atoms with E-state index < -0.39 is 15.4 Å². The molecule has 138 valence electrons. The summed E-state index contributed by atoms with van der Waals surface area (Å²) < 4.78 is 32.5. The smallest absolute Gasteiger partial charge is 0.261 e. The average molecular weight is 374 g/mol. The Kier molecular flexibility index (Phi) is 4.91. The van der Waals surface area contributed by atoms with Crippen molar-refractivity contribution >= 4 is 21.6 Å². The van der Waals surface area contributed by atoms with Gasteiger partial charge in [-0.3, -0.25) is 9.52 Å². The van der Waals surface area contributed by atoms with Crippen LogP contribution in [0.5, 0.6) is 5.75 Å². The average Bonchev–Trinajstić information content (AvgIpc) is 3.44. The molecule has 26 heavy (non-hydrogen) atoms. The maximum atomic E-state index is 12.5. The molecule has 0 radical (unpaired) electrons. The summed E-state index contributed by atoms with van der Waals surface area (Å²) in [6.07, 6.45) is 1.63. The van der Waals surface area contributed by atoms with Gasteiger partial charge < -0.3 is 10.1 Å². The number of likely N-dealkylation sites (N-methyl/N-ethyl adjacent to an activating group) is 1. The number of amides is 1. The molecule has 0 heterocycles. The Hall–Kier alpha value is -2.54. The molecule has 3 rings (SSSR count). The van der Waals surface area contributed by atoms with Crippen LogP contribution in [-0.4, -0.2) is 28.0 Å². The number of carbonyl (C=O) groups excluding carboxylic acids is 1. The maximum Gasteiger partial charge on any atom is 0.261 e. The van der Waals surface area contributed by atoms with Gasteiger partial charge in [-0.1, -0.05) is 12.1 Å². The Balaban J connectivity index is 1.75. The van der Waals surface area contributed by atoms with E-state index in [-0.39, 0.29) is 10.8 Å².